The largest absolute Gasteiger partial charge is 0.418 e. The van der Waals surface area contributed by atoms with Crippen LogP contribution in [0.2, 0.25) is 0 Å². The van der Waals surface area contributed by atoms with Gasteiger partial charge in [0.1, 0.15) is 0 Å². The number of hydrogen-bond acceptors (Lipinski definition) is 3. The van der Waals surface area contributed by atoms with Gasteiger partial charge in [-0.1, -0.05) is 48.5 Å². The number of alkyl halides is 3. The molecule has 4 nitrogen and oxygen atoms in total. The Kier molecular flexibility index (Phi) is 6.16. The van der Waals surface area contributed by atoms with Crippen LogP contribution >= 0.6 is 0 Å². The first kappa shape index (κ1) is 18.5. The van der Waals surface area contributed by atoms with Crippen LogP contribution in [0.5, 0.6) is 0 Å². The van der Waals surface area contributed by atoms with Crippen LogP contribution in [-0.2, 0) is 22.2 Å². The zero-order valence-electron chi connectivity index (χ0n) is 13.5. The Morgan fingerprint density at radius 2 is 1.84 bits per heavy atom. The molecule has 7 heteroatoms. The normalized spacial score (nSPS) is 11.5. The van der Waals surface area contributed by atoms with E-state index in [0.29, 0.717) is 0 Å². The van der Waals surface area contributed by atoms with E-state index < -0.39 is 24.3 Å². The maximum atomic E-state index is 12.8. The van der Waals surface area contributed by atoms with Crippen molar-refractivity contribution in [2.75, 3.05) is 11.9 Å². The van der Waals surface area contributed by atoms with Gasteiger partial charge in [-0.05, 0) is 29.7 Å². The van der Waals surface area contributed by atoms with Gasteiger partial charge in [0.25, 0.3) is 5.91 Å². The molecule has 0 spiro atoms. The van der Waals surface area contributed by atoms with Gasteiger partial charge in [0.15, 0.2) is 6.61 Å². The number of oxime groups is 1. The first-order chi connectivity index (χ1) is 11.9. The summed E-state index contributed by atoms with van der Waals surface area (Å²) in [7, 11) is 0. The Morgan fingerprint density at radius 1 is 1.16 bits per heavy atom. The molecule has 0 atom stereocenters. The summed E-state index contributed by atoms with van der Waals surface area (Å²) in [5.74, 6) is -0.727. The van der Waals surface area contributed by atoms with Gasteiger partial charge >= 0.3 is 6.18 Å². The molecular weight excluding hydrogens is 333 g/mol. The lowest BCUT2D eigenvalue weighted by molar-refractivity contribution is -0.137. The van der Waals surface area contributed by atoms with E-state index in [4.69, 9.17) is 4.84 Å². The highest BCUT2D eigenvalue weighted by molar-refractivity contribution is 5.92. The summed E-state index contributed by atoms with van der Waals surface area (Å²) in [5, 5.41) is 5.81. The maximum Gasteiger partial charge on any atom is 0.418 e. The maximum absolute atomic E-state index is 12.8. The van der Waals surface area contributed by atoms with Crippen molar-refractivity contribution in [2.45, 2.75) is 19.5 Å². The third-order valence-corrected chi connectivity index (χ3v) is 3.37. The van der Waals surface area contributed by atoms with Crippen molar-refractivity contribution in [3.8, 4) is 0 Å². The number of benzene rings is 2. The van der Waals surface area contributed by atoms with Crippen LogP contribution in [0.4, 0.5) is 18.9 Å². The molecule has 1 N–H and O–H groups in total. The fourth-order valence-electron chi connectivity index (χ4n) is 2.06. The average molecular weight is 350 g/mol. The summed E-state index contributed by atoms with van der Waals surface area (Å²) in [6.45, 7) is 1.55. The van der Waals surface area contributed by atoms with Crippen molar-refractivity contribution in [1.29, 1.82) is 0 Å². The lowest BCUT2D eigenvalue weighted by Gasteiger charge is -2.12. The first-order valence-electron chi connectivity index (χ1n) is 7.60. The Hall–Kier alpha value is -2.83. The van der Waals surface area contributed by atoms with Crippen LogP contribution in [0.25, 0.3) is 0 Å². The van der Waals surface area contributed by atoms with E-state index in [1.165, 1.54) is 30.0 Å². The smallest absolute Gasteiger partial charge is 0.386 e. The van der Waals surface area contributed by atoms with Crippen LogP contribution in [0.15, 0.2) is 53.7 Å². The molecule has 0 saturated carbocycles. The average Bonchev–Trinajstić information content (AvgIpc) is 2.59. The molecular formula is C18H17F3N2O2. The number of anilines is 1. The SMILES string of the molecule is CCc1ccc(/C=N\OCC(=O)Nc2ccccc2C(F)(F)F)cc1. The van der Waals surface area contributed by atoms with Gasteiger partial charge in [0, 0.05) is 0 Å². The molecule has 0 radical (unpaired) electrons. The van der Waals surface area contributed by atoms with Gasteiger partial charge in [0.05, 0.1) is 17.5 Å². The van der Waals surface area contributed by atoms with Crippen LogP contribution < -0.4 is 5.32 Å². The number of hydrogen-bond donors (Lipinski definition) is 1. The van der Waals surface area contributed by atoms with Crippen molar-refractivity contribution < 1.29 is 22.8 Å². The fourth-order valence-corrected chi connectivity index (χ4v) is 2.06. The monoisotopic (exact) mass is 350 g/mol. The summed E-state index contributed by atoms with van der Waals surface area (Å²) >= 11 is 0. The Labute approximate surface area is 143 Å². The van der Waals surface area contributed by atoms with E-state index in [9.17, 15) is 18.0 Å². The Bertz CT molecular complexity index is 741. The number of aryl methyl sites for hydroxylation is 1. The molecule has 2 aromatic rings. The summed E-state index contributed by atoms with van der Waals surface area (Å²) in [4.78, 5) is 16.5. The third-order valence-electron chi connectivity index (χ3n) is 3.37. The zero-order chi connectivity index (χ0) is 18.3. The van der Waals surface area contributed by atoms with Crippen molar-refractivity contribution in [1.82, 2.24) is 0 Å². The molecule has 0 bridgehead atoms. The number of halogens is 3. The minimum Gasteiger partial charge on any atom is -0.386 e. The molecule has 1 amide bonds. The second kappa shape index (κ2) is 8.32. The summed E-state index contributed by atoms with van der Waals surface area (Å²) in [6, 6.07) is 12.3. The second-order valence-electron chi connectivity index (χ2n) is 5.19. The van der Waals surface area contributed by atoms with E-state index in [2.05, 4.69) is 10.5 Å². The quantitative estimate of drug-likeness (QED) is 0.625. The minimum atomic E-state index is -4.55. The van der Waals surface area contributed by atoms with Gasteiger partial charge < -0.3 is 10.2 Å². The molecule has 2 aromatic carbocycles. The first-order valence-corrected chi connectivity index (χ1v) is 7.60. The predicted molar refractivity (Wildman–Crippen MR) is 89.4 cm³/mol. The van der Waals surface area contributed by atoms with Crippen molar-refractivity contribution in [3.63, 3.8) is 0 Å². The summed E-state index contributed by atoms with van der Waals surface area (Å²) < 4.78 is 38.5. The third kappa shape index (κ3) is 5.63. The van der Waals surface area contributed by atoms with Crippen LogP contribution in [0.3, 0.4) is 0 Å². The van der Waals surface area contributed by atoms with Crippen LogP contribution in [0.1, 0.15) is 23.6 Å². The Morgan fingerprint density at radius 3 is 2.48 bits per heavy atom. The highest BCUT2D eigenvalue weighted by Gasteiger charge is 2.33. The molecule has 25 heavy (non-hydrogen) atoms. The summed E-state index contributed by atoms with van der Waals surface area (Å²) in [5.41, 5.74) is 0.742. The molecule has 0 unspecified atom stereocenters. The van der Waals surface area contributed by atoms with Gasteiger partial charge in [-0.15, -0.1) is 0 Å². The topological polar surface area (TPSA) is 50.7 Å². The molecule has 2 rings (SSSR count). The molecule has 0 aliphatic heterocycles. The molecule has 132 valence electrons. The van der Waals surface area contributed by atoms with Crippen molar-refractivity contribution >= 4 is 17.8 Å². The van der Waals surface area contributed by atoms with E-state index in [1.54, 1.807) is 0 Å². The standard InChI is InChI=1S/C18H17F3N2O2/c1-2-13-7-9-14(10-8-13)11-22-25-12-17(24)23-16-6-4-3-5-15(16)18(19,20)21/h3-11H,2,12H2,1H3,(H,23,24)/b22-11-. The van der Waals surface area contributed by atoms with E-state index in [-0.39, 0.29) is 5.69 Å². The van der Waals surface area contributed by atoms with Crippen LogP contribution in [-0.4, -0.2) is 18.7 Å². The van der Waals surface area contributed by atoms with E-state index in [0.717, 1.165) is 18.1 Å². The Balaban J connectivity index is 1.88. The number of amides is 1. The molecule has 0 saturated heterocycles. The molecule has 0 fully saturated rings. The molecule has 0 heterocycles. The number of rotatable bonds is 6. The van der Waals surface area contributed by atoms with E-state index in [1.807, 2.05) is 31.2 Å². The lowest BCUT2D eigenvalue weighted by Crippen LogP contribution is -2.20. The fraction of sp³-hybridized carbons (Fsp3) is 0.222. The number of carbonyl (C=O) groups excluding carboxylic acids is 1. The number of nitrogens with zero attached hydrogens (tertiary/aromatic N) is 1. The second-order valence-corrected chi connectivity index (χ2v) is 5.19. The highest BCUT2D eigenvalue weighted by atomic mass is 19.4. The van der Waals surface area contributed by atoms with Crippen molar-refractivity contribution in [3.05, 3.63) is 65.2 Å². The summed E-state index contributed by atoms with van der Waals surface area (Å²) in [6.07, 6.45) is -2.20. The van der Waals surface area contributed by atoms with Gasteiger partial charge in [0.2, 0.25) is 0 Å². The number of carbonyl (C=O) groups is 1. The molecule has 0 aromatic heterocycles. The number of nitrogens with one attached hydrogen (secondary N) is 1. The minimum absolute atomic E-state index is 0.317. The molecule has 0 aliphatic rings. The highest BCUT2D eigenvalue weighted by Crippen LogP contribution is 2.34. The van der Waals surface area contributed by atoms with E-state index >= 15 is 0 Å². The number of para-hydroxylation sites is 1. The molecule has 0 aliphatic carbocycles. The van der Waals surface area contributed by atoms with Crippen molar-refractivity contribution in [2.24, 2.45) is 5.16 Å². The predicted octanol–water partition coefficient (Wildman–Crippen LogP) is 4.26. The van der Waals surface area contributed by atoms with Gasteiger partial charge in [-0.2, -0.15) is 13.2 Å². The van der Waals surface area contributed by atoms with Gasteiger partial charge in [-0.25, -0.2) is 0 Å². The van der Waals surface area contributed by atoms with Crippen LogP contribution in [0, 0.1) is 0 Å². The lowest BCUT2D eigenvalue weighted by atomic mass is 10.1. The van der Waals surface area contributed by atoms with Gasteiger partial charge in [-0.3, -0.25) is 4.79 Å². The zero-order valence-corrected chi connectivity index (χ0v) is 13.5.